The van der Waals surface area contributed by atoms with Crippen LogP contribution in [0.3, 0.4) is 0 Å². The van der Waals surface area contributed by atoms with Crippen LogP contribution in [-0.4, -0.2) is 23.1 Å². The van der Waals surface area contributed by atoms with Gasteiger partial charge in [-0.05, 0) is 38.6 Å². The van der Waals surface area contributed by atoms with Crippen molar-refractivity contribution in [1.29, 1.82) is 0 Å². The number of anilines is 1. The zero-order chi connectivity index (χ0) is 11.9. The van der Waals surface area contributed by atoms with E-state index in [1.807, 2.05) is 0 Å². The highest BCUT2D eigenvalue weighted by Gasteiger charge is 2.16. The molecule has 94 valence electrons. The van der Waals surface area contributed by atoms with Gasteiger partial charge in [0, 0.05) is 17.8 Å². The molecule has 3 N–H and O–H groups in total. The number of aryl methyl sites for hydroxylation is 1. The van der Waals surface area contributed by atoms with Crippen molar-refractivity contribution >= 4 is 5.82 Å². The molecule has 0 saturated heterocycles. The monoisotopic (exact) mass is 234 g/mol. The summed E-state index contributed by atoms with van der Waals surface area (Å²) in [5, 5.41) is 3.44. The third-order valence-electron chi connectivity index (χ3n) is 3.30. The lowest BCUT2D eigenvalue weighted by Crippen LogP contribution is -2.07. The molecule has 1 heterocycles. The predicted octanol–water partition coefficient (Wildman–Crippen LogP) is 1.90. The molecule has 0 saturated carbocycles. The van der Waals surface area contributed by atoms with Crippen molar-refractivity contribution in [3.8, 4) is 0 Å². The van der Waals surface area contributed by atoms with Crippen LogP contribution in [0.25, 0.3) is 0 Å². The number of rotatable bonds is 7. The van der Waals surface area contributed by atoms with Crippen LogP contribution < -0.4 is 11.1 Å². The number of nitrogens with zero attached hydrogens (tertiary/aromatic N) is 2. The number of hydrogen-bond donors (Lipinski definition) is 2. The Balaban J connectivity index is 1.74. The van der Waals surface area contributed by atoms with E-state index in [-0.39, 0.29) is 0 Å². The Morgan fingerprint density at radius 1 is 1.12 bits per heavy atom. The standard InChI is InChI=1S/C13H22N4/c14-8-3-1-2-4-9-15-13-11-6-5-7-12(11)16-10-17-13/h10H,1-9,14H2,(H,15,16,17). The van der Waals surface area contributed by atoms with Crippen LogP contribution in [0.15, 0.2) is 6.33 Å². The molecule has 0 bridgehead atoms. The van der Waals surface area contributed by atoms with Gasteiger partial charge in [-0.3, -0.25) is 0 Å². The lowest BCUT2D eigenvalue weighted by atomic mass is 10.2. The smallest absolute Gasteiger partial charge is 0.132 e. The molecule has 17 heavy (non-hydrogen) atoms. The summed E-state index contributed by atoms with van der Waals surface area (Å²) in [6.07, 6.45) is 9.97. The van der Waals surface area contributed by atoms with E-state index in [0.29, 0.717) is 0 Å². The molecule has 0 unspecified atom stereocenters. The van der Waals surface area contributed by atoms with E-state index in [1.54, 1.807) is 6.33 Å². The van der Waals surface area contributed by atoms with Gasteiger partial charge < -0.3 is 11.1 Å². The minimum atomic E-state index is 0.812. The quantitative estimate of drug-likeness (QED) is 0.707. The summed E-state index contributed by atoms with van der Waals surface area (Å²) in [7, 11) is 0. The maximum Gasteiger partial charge on any atom is 0.132 e. The molecule has 0 fully saturated rings. The summed E-state index contributed by atoms with van der Waals surface area (Å²) in [5.74, 6) is 1.06. The third-order valence-corrected chi connectivity index (χ3v) is 3.30. The van der Waals surface area contributed by atoms with Crippen molar-refractivity contribution in [2.24, 2.45) is 5.73 Å². The second kappa shape index (κ2) is 6.55. The Kier molecular flexibility index (Phi) is 4.74. The Morgan fingerprint density at radius 2 is 2.00 bits per heavy atom. The Hall–Kier alpha value is -1.16. The normalized spacial score (nSPS) is 13.7. The SMILES string of the molecule is NCCCCCCNc1ncnc2c1CCC2. The zero-order valence-corrected chi connectivity index (χ0v) is 10.4. The first-order chi connectivity index (χ1) is 8.42. The van der Waals surface area contributed by atoms with Gasteiger partial charge in [-0.1, -0.05) is 12.8 Å². The molecule has 1 aliphatic rings. The topological polar surface area (TPSA) is 63.8 Å². The number of nitrogens with two attached hydrogens (primary N) is 1. The van der Waals surface area contributed by atoms with E-state index in [9.17, 15) is 0 Å². The molecule has 4 heteroatoms. The van der Waals surface area contributed by atoms with E-state index in [2.05, 4.69) is 15.3 Å². The summed E-state index contributed by atoms with van der Waals surface area (Å²) < 4.78 is 0. The summed E-state index contributed by atoms with van der Waals surface area (Å²) in [5.41, 5.74) is 8.05. The fourth-order valence-electron chi connectivity index (χ4n) is 2.34. The molecule has 0 aliphatic heterocycles. The molecule has 4 nitrogen and oxygen atoms in total. The first-order valence-electron chi connectivity index (χ1n) is 6.68. The van der Waals surface area contributed by atoms with E-state index in [4.69, 9.17) is 5.73 Å². The Morgan fingerprint density at radius 3 is 2.88 bits per heavy atom. The van der Waals surface area contributed by atoms with Gasteiger partial charge >= 0.3 is 0 Å². The van der Waals surface area contributed by atoms with Crippen LogP contribution in [0, 0.1) is 0 Å². The fraction of sp³-hybridized carbons (Fsp3) is 0.692. The van der Waals surface area contributed by atoms with Crippen molar-refractivity contribution in [2.45, 2.75) is 44.9 Å². The first-order valence-corrected chi connectivity index (χ1v) is 6.68. The van der Waals surface area contributed by atoms with Gasteiger partial charge in [-0.25, -0.2) is 9.97 Å². The van der Waals surface area contributed by atoms with E-state index in [1.165, 1.54) is 36.9 Å². The highest BCUT2D eigenvalue weighted by Crippen LogP contribution is 2.24. The van der Waals surface area contributed by atoms with Crippen LogP contribution in [0.1, 0.15) is 43.4 Å². The number of fused-ring (bicyclic) bond motifs is 1. The van der Waals surface area contributed by atoms with Gasteiger partial charge in [0.05, 0.1) is 0 Å². The van der Waals surface area contributed by atoms with Gasteiger partial charge in [0.15, 0.2) is 0 Å². The molecule has 1 aromatic heterocycles. The van der Waals surface area contributed by atoms with E-state index >= 15 is 0 Å². The average molecular weight is 234 g/mol. The minimum Gasteiger partial charge on any atom is -0.370 e. The van der Waals surface area contributed by atoms with E-state index < -0.39 is 0 Å². The van der Waals surface area contributed by atoms with Gasteiger partial charge in [0.1, 0.15) is 12.1 Å². The lowest BCUT2D eigenvalue weighted by molar-refractivity contribution is 0.660. The molecule has 2 rings (SSSR count). The van der Waals surface area contributed by atoms with Crippen molar-refractivity contribution in [3.63, 3.8) is 0 Å². The Labute approximate surface area is 103 Å². The van der Waals surface area contributed by atoms with Crippen molar-refractivity contribution < 1.29 is 0 Å². The second-order valence-electron chi connectivity index (χ2n) is 4.63. The zero-order valence-electron chi connectivity index (χ0n) is 10.4. The highest BCUT2D eigenvalue weighted by molar-refractivity contribution is 5.47. The molecule has 0 aromatic carbocycles. The maximum atomic E-state index is 5.46. The van der Waals surface area contributed by atoms with Gasteiger partial charge in [-0.2, -0.15) is 0 Å². The van der Waals surface area contributed by atoms with Gasteiger partial charge in [-0.15, -0.1) is 0 Å². The minimum absolute atomic E-state index is 0.812. The molecule has 1 aromatic rings. The van der Waals surface area contributed by atoms with Crippen LogP contribution in [0.4, 0.5) is 5.82 Å². The number of nitrogens with one attached hydrogen (secondary N) is 1. The molecule has 1 aliphatic carbocycles. The highest BCUT2D eigenvalue weighted by atomic mass is 15.0. The predicted molar refractivity (Wildman–Crippen MR) is 70.1 cm³/mol. The average Bonchev–Trinajstić information content (AvgIpc) is 2.82. The van der Waals surface area contributed by atoms with Crippen molar-refractivity contribution in [3.05, 3.63) is 17.6 Å². The molecular weight excluding hydrogens is 212 g/mol. The molecule has 0 atom stereocenters. The van der Waals surface area contributed by atoms with E-state index in [0.717, 1.165) is 38.2 Å². The van der Waals surface area contributed by atoms with Crippen LogP contribution in [0.5, 0.6) is 0 Å². The van der Waals surface area contributed by atoms with Gasteiger partial charge in [0.25, 0.3) is 0 Å². The third kappa shape index (κ3) is 3.40. The van der Waals surface area contributed by atoms with Crippen molar-refractivity contribution in [1.82, 2.24) is 9.97 Å². The summed E-state index contributed by atoms with van der Waals surface area (Å²) in [6.45, 7) is 1.82. The second-order valence-corrected chi connectivity index (χ2v) is 4.63. The summed E-state index contributed by atoms with van der Waals surface area (Å²) in [6, 6.07) is 0. The van der Waals surface area contributed by atoms with Crippen LogP contribution in [0.2, 0.25) is 0 Å². The maximum absolute atomic E-state index is 5.46. The van der Waals surface area contributed by atoms with Gasteiger partial charge in [0.2, 0.25) is 0 Å². The van der Waals surface area contributed by atoms with Crippen molar-refractivity contribution in [2.75, 3.05) is 18.4 Å². The number of unbranched alkanes of at least 4 members (excludes halogenated alkanes) is 3. The van der Waals surface area contributed by atoms with Crippen LogP contribution in [-0.2, 0) is 12.8 Å². The molecular formula is C13H22N4. The Bertz CT molecular complexity index is 351. The summed E-state index contributed by atoms with van der Waals surface area (Å²) in [4.78, 5) is 8.67. The lowest BCUT2D eigenvalue weighted by Gasteiger charge is -2.09. The number of hydrogen-bond acceptors (Lipinski definition) is 4. The summed E-state index contributed by atoms with van der Waals surface area (Å²) >= 11 is 0. The largest absolute Gasteiger partial charge is 0.370 e. The fourth-order valence-corrected chi connectivity index (χ4v) is 2.34. The van der Waals surface area contributed by atoms with Crippen LogP contribution >= 0.6 is 0 Å². The number of aromatic nitrogens is 2. The molecule has 0 radical (unpaired) electrons. The first kappa shape index (κ1) is 12.3. The molecule has 0 spiro atoms. The molecule has 0 amide bonds.